The van der Waals surface area contributed by atoms with Gasteiger partial charge in [0.1, 0.15) is 0 Å². The molecule has 1 aromatic rings. The fourth-order valence-electron chi connectivity index (χ4n) is 0.768. The van der Waals surface area contributed by atoms with Gasteiger partial charge < -0.3 is 0 Å². The second kappa shape index (κ2) is 5.14. The van der Waals surface area contributed by atoms with Crippen LogP contribution in [-0.4, -0.2) is 23.4 Å². The zero-order valence-electron chi connectivity index (χ0n) is 8.75. The van der Waals surface area contributed by atoms with Crippen LogP contribution in [0.15, 0.2) is 17.6 Å². The van der Waals surface area contributed by atoms with E-state index >= 15 is 0 Å². The number of hydrogen-bond acceptors (Lipinski definition) is 3. The maximum atomic E-state index is 5.65. The largest absolute Gasteiger partial charge is 0.231 e. The Morgan fingerprint density at radius 3 is 2.29 bits per heavy atom. The molecule has 0 unspecified atom stereocenters. The summed E-state index contributed by atoms with van der Waals surface area (Å²) in [5.41, 5.74) is 0.976. The Morgan fingerprint density at radius 2 is 1.86 bits per heavy atom. The molecule has 0 aliphatic heterocycles. The zero-order chi connectivity index (χ0) is 10.6. The van der Waals surface area contributed by atoms with Crippen molar-refractivity contribution in [3.63, 3.8) is 0 Å². The minimum absolute atomic E-state index is 0.485. The highest BCUT2D eigenvalue weighted by Crippen LogP contribution is 2.17. The van der Waals surface area contributed by atoms with E-state index in [1.807, 2.05) is 0 Å². The van der Waals surface area contributed by atoms with E-state index in [9.17, 15) is 0 Å². The Morgan fingerprint density at radius 1 is 1.29 bits per heavy atom. The summed E-state index contributed by atoms with van der Waals surface area (Å²) < 4.78 is 0. The lowest BCUT2D eigenvalue weighted by molar-refractivity contribution is 0.948. The lowest BCUT2D eigenvalue weighted by Gasteiger charge is -2.13. The van der Waals surface area contributed by atoms with Gasteiger partial charge in [0.2, 0.25) is 0 Å². The maximum absolute atomic E-state index is 5.65. The van der Waals surface area contributed by atoms with Crippen molar-refractivity contribution >= 4 is 31.4 Å². The third kappa shape index (κ3) is 4.44. The van der Waals surface area contributed by atoms with Crippen molar-refractivity contribution in [1.82, 2.24) is 9.97 Å². The molecular weight excluding hydrogens is 232 g/mol. The summed E-state index contributed by atoms with van der Waals surface area (Å²) >= 11 is 7.39. The fourth-order valence-corrected chi connectivity index (χ4v) is 3.41. The summed E-state index contributed by atoms with van der Waals surface area (Å²) in [6.07, 6.45) is 3.60. The number of thioether (sulfide) groups is 1. The molecule has 0 N–H and O–H groups in total. The van der Waals surface area contributed by atoms with Gasteiger partial charge in [-0.3, -0.25) is 0 Å². The van der Waals surface area contributed by atoms with Crippen molar-refractivity contribution in [2.45, 2.75) is 30.7 Å². The average molecular weight is 247 g/mol. The van der Waals surface area contributed by atoms with Crippen molar-refractivity contribution in [3.8, 4) is 0 Å². The molecule has 1 heterocycles. The van der Waals surface area contributed by atoms with Gasteiger partial charge in [-0.05, 0) is 5.38 Å². The van der Waals surface area contributed by atoms with Crippen LogP contribution in [0.1, 0.15) is 5.56 Å². The normalized spacial score (nSPS) is 11.7. The van der Waals surface area contributed by atoms with E-state index in [2.05, 4.69) is 29.6 Å². The van der Waals surface area contributed by atoms with Gasteiger partial charge in [0, 0.05) is 18.0 Å². The van der Waals surface area contributed by atoms with Gasteiger partial charge in [0.25, 0.3) is 0 Å². The molecule has 0 bridgehead atoms. The molecule has 1 rings (SSSR count). The van der Waals surface area contributed by atoms with Gasteiger partial charge in [-0.25, -0.2) is 9.97 Å². The van der Waals surface area contributed by atoms with E-state index in [1.54, 1.807) is 24.2 Å². The molecule has 0 atom stereocenters. The van der Waals surface area contributed by atoms with Gasteiger partial charge in [-0.1, -0.05) is 31.4 Å². The molecule has 1 aromatic heterocycles. The van der Waals surface area contributed by atoms with E-state index in [4.69, 9.17) is 11.6 Å². The van der Waals surface area contributed by atoms with Crippen LogP contribution >= 0.6 is 23.4 Å². The Kier molecular flexibility index (Phi) is 4.41. The first-order valence-corrected chi connectivity index (χ1v) is 9.74. The SMILES string of the molecule is C[Si](C)(C)CSc1ncc(CCl)cn1. The zero-order valence-corrected chi connectivity index (χ0v) is 11.3. The average Bonchev–Trinajstić information content (AvgIpc) is 2.14. The highest BCUT2D eigenvalue weighted by molar-refractivity contribution is 8.00. The number of hydrogen-bond donors (Lipinski definition) is 0. The second-order valence-corrected chi connectivity index (χ2v) is 11.6. The Hall–Kier alpha value is -0.0631. The molecule has 0 aliphatic carbocycles. The first-order chi connectivity index (χ1) is 6.51. The molecule has 0 spiro atoms. The molecule has 78 valence electrons. The first kappa shape index (κ1) is 12.0. The summed E-state index contributed by atoms with van der Waals surface area (Å²) in [7, 11) is -1.01. The third-order valence-corrected chi connectivity index (χ3v) is 6.29. The lowest BCUT2D eigenvalue weighted by atomic mass is 10.4. The van der Waals surface area contributed by atoms with Crippen molar-refractivity contribution in [1.29, 1.82) is 0 Å². The van der Waals surface area contributed by atoms with Crippen molar-refractivity contribution in [3.05, 3.63) is 18.0 Å². The topological polar surface area (TPSA) is 25.8 Å². The highest BCUT2D eigenvalue weighted by Gasteiger charge is 2.13. The van der Waals surface area contributed by atoms with E-state index < -0.39 is 8.07 Å². The van der Waals surface area contributed by atoms with E-state index in [0.29, 0.717) is 5.88 Å². The molecule has 0 aliphatic rings. The van der Waals surface area contributed by atoms with Crippen LogP contribution < -0.4 is 0 Å². The second-order valence-electron chi connectivity index (χ2n) is 4.36. The van der Waals surface area contributed by atoms with Gasteiger partial charge in [0.15, 0.2) is 5.16 Å². The molecular formula is C9H15ClN2SSi. The number of alkyl halides is 1. The molecule has 0 saturated heterocycles. The standard InChI is InChI=1S/C9H15ClN2SSi/c1-14(2,3)7-13-9-11-5-8(4-10)6-12-9/h5-6H,4,7H2,1-3H3. The monoisotopic (exact) mass is 246 g/mol. The lowest BCUT2D eigenvalue weighted by Crippen LogP contribution is -2.23. The smallest absolute Gasteiger partial charge is 0.187 e. The summed E-state index contributed by atoms with van der Waals surface area (Å²) in [5.74, 6) is 0.485. The van der Waals surface area contributed by atoms with Crippen molar-refractivity contribution in [2.75, 3.05) is 5.38 Å². The van der Waals surface area contributed by atoms with Crippen LogP contribution in [0.5, 0.6) is 0 Å². The number of aromatic nitrogens is 2. The summed E-state index contributed by atoms with van der Waals surface area (Å²) in [6.45, 7) is 7.02. The molecule has 5 heteroatoms. The molecule has 0 fully saturated rings. The van der Waals surface area contributed by atoms with E-state index in [-0.39, 0.29) is 0 Å². The number of halogens is 1. The van der Waals surface area contributed by atoms with Crippen LogP contribution in [0.2, 0.25) is 19.6 Å². The fraction of sp³-hybridized carbons (Fsp3) is 0.556. The quantitative estimate of drug-likeness (QED) is 0.353. The number of rotatable bonds is 4. The van der Waals surface area contributed by atoms with Gasteiger partial charge in [0.05, 0.1) is 14.0 Å². The minimum Gasteiger partial charge on any atom is -0.231 e. The molecule has 0 radical (unpaired) electrons. The Labute approximate surface area is 95.5 Å². The maximum Gasteiger partial charge on any atom is 0.187 e. The molecule has 0 saturated carbocycles. The van der Waals surface area contributed by atoms with Crippen molar-refractivity contribution in [2.24, 2.45) is 0 Å². The summed E-state index contributed by atoms with van der Waals surface area (Å²) in [6, 6.07) is 0. The predicted octanol–water partition coefficient (Wildman–Crippen LogP) is 3.18. The van der Waals surface area contributed by atoms with Gasteiger partial charge >= 0.3 is 0 Å². The van der Waals surface area contributed by atoms with Gasteiger partial charge in [-0.15, -0.1) is 11.6 Å². The molecule has 0 amide bonds. The van der Waals surface area contributed by atoms with Crippen molar-refractivity contribution < 1.29 is 0 Å². The number of nitrogens with zero attached hydrogens (tertiary/aromatic N) is 2. The highest BCUT2D eigenvalue weighted by atomic mass is 35.5. The third-order valence-electron chi connectivity index (χ3n) is 1.47. The van der Waals surface area contributed by atoms with Gasteiger partial charge in [-0.2, -0.15) is 0 Å². The van der Waals surface area contributed by atoms with Crippen LogP contribution in [0.25, 0.3) is 0 Å². The predicted molar refractivity (Wildman–Crippen MR) is 65.7 cm³/mol. The summed E-state index contributed by atoms with van der Waals surface area (Å²) in [4.78, 5) is 8.48. The van der Waals surface area contributed by atoms with Crippen LogP contribution in [0.3, 0.4) is 0 Å². The van der Waals surface area contributed by atoms with Crippen LogP contribution in [0, 0.1) is 0 Å². The Bertz CT molecular complexity index is 284. The Balaban J connectivity index is 2.52. The van der Waals surface area contributed by atoms with E-state index in [0.717, 1.165) is 16.1 Å². The summed E-state index contributed by atoms with van der Waals surface area (Å²) in [5, 5.41) is 2.02. The molecule has 14 heavy (non-hydrogen) atoms. The first-order valence-electron chi connectivity index (χ1n) is 4.51. The van der Waals surface area contributed by atoms with Crippen LogP contribution in [-0.2, 0) is 5.88 Å². The minimum atomic E-state index is -1.01. The molecule has 0 aromatic carbocycles. The molecule has 2 nitrogen and oxygen atoms in total. The van der Waals surface area contributed by atoms with E-state index in [1.165, 1.54) is 0 Å². The van der Waals surface area contributed by atoms with Crippen LogP contribution in [0.4, 0.5) is 0 Å².